The molecular formula is C7H22LiNSi2. The molecule has 0 atom stereocenters. The Morgan fingerprint density at radius 3 is 2.00 bits per heavy atom. The summed E-state index contributed by atoms with van der Waals surface area (Å²) in [4.78, 5) is 0. The van der Waals surface area contributed by atoms with Crippen molar-refractivity contribution in [1.29, 1.82) is 0 Å². The number of nitrogens with zero attached hydrogens (tertiary/aromatic N) is 1. The summed E-state index contributed by atoms with van der Waals surface area (Å²) in [5.41, 5.74) is 2.00. The van der Waals surface area contributed by atoms with E-state index in [1.807, 2.05) is 23.3 Å². The summed E-state index contributed by atoms with van der Waals surface area (Å²) >= 11 is 2.00. The Bertz CT molecular complexity index is 62.4. The third kappa shape index (κ3) is 18.2. The van der Waals surface area contributed by atoms with Crippen molar-refractivity contribution in [2.45, 2.75) is 38.2 Å². The zero-order valence-corrected chi connectivity index (χ0v) is 13.0. The van der Waals surface area contributed by atoms with Crippen LogP contribution in [0.1, 0.15) is 32.6 Å². The van der Waals surface area contributed by atoms with Gasteiger partial charge in [-0.25, -0.2) is 0 Å². The van der Waals surface area contributed by atoms with Crippen molar-refractivity contribution in [3.63, 3.8) is 0 Å². The van der Waals surface area contributed by atoms with Crippen LogP contribution in [0, 0.1) is 0 Å². The minimum atomic E-state index is 1.28. The maximum absolute atomic E-state index is 2.52. The Labute approximate surface area is 87.5 Å². The van der Waals surface area contributed by atoms with Crippen LogP contribution >= 0.6 is 0 Å². The molecule has 0 spiro atoms. The molecule has 0 aliphatic carbocycles. The van der Waals surface area contributed by atoms with Crippen LogP contribution in [0.4, 0.5) is 0 Å². The third-order valence-electron chi connectivity index (χ3n) is 1.46. The van der Waals surface area contributed by atoms with Gasteiger partial charge in [0.2, 0.25) is 0 Å². The molecule has 0 N–H and O–H groups in total. The van der Waals surface area contributed by atoms with E-state index in [9.17, 15) is 0 Å². The van der Waals surface area contributed by atoms with Gasteiger partial charge in [-0.3, -0.25) is 0 Å². The molecule has 0 amide bonds. The Morgan fingerprint density at radius 2 is 1.64 bits per heavy atom. The van der Waals surface area contributed by atoms with Gasteiger partial charge in [-0.15, -0.1) is 0 Å². The second-order valence-electron chi connectivity index (χ2n) is 2.86. The van der Waals surface area contributed by atoms with Crippen LogP contribution in [-0.4, -0.2) is 49.3 Å². The Kier molecular flexibility index (Phi) is 17.9. The molecule has 0 aliphatic heterocycles. The standard InChI is InChI=1S/C6H19NSi2.CH3.Li/c1-2-3-4-5-6-7(8)9;;/h2-6H2,1,8-9H3;1H3;. The van der Waals surface area contributed by atoms with Crippen molar-refractivity contribution in [2.75, 3.05) is 6.54 Å². The molecule has 1 nitrogen and oxygen atoms in total. The first-order valence-electron chi connectivity index (χ1n) is 4.92. The van der Waals surface area contributed by atoms with Gasteiger partial charge in [0, 0.05) is 0 Å². The summed E-state index contributed by atoms with van der Waals surface area (Å²) in [7, 11) is 2.56. The summed E-state index contributed by atoms with van der Waals surface area (Å²) in [5, 5.41) is 0. The molecule has 64 valence electrons. The molecule has 0 aromatic heterocycles. The van der Waals surface area contributed by atoms with Gasteiger partial charge in [-0.05, 0) is 13.0 Å². The number of hydrogen-bond acceptors (Lipinski definition) is 1. The summed E-state index contributed by atoms with van der Waals surface area (Å²) in [5.74, 6) is 0. The molecule has 0 saturated heterocycles. The predicted molar refractivity (Wildman–Crippen MR) is 62.3 cm³/mol. The SMILES string of the molecule is CCCCCCN([SiH3])[SiH3].[Li][CH3]. The molecule has 0 saturated carbocycles. The second kappa shape index (κ2) is 13.6. The van der Waals surface area contributed by atoms with Gasteiger partial charge in [-0.2, -0.15) is 0 Å². The van der Waals surface area contributed by atoms with Crippen LogP contribution in [0.5, 0.6) is 0 Å². The average molecular weight is 183 g/mol. The van der Waals surface area contributed by atoms with Crippen molar-refractivity contribution < 1.29 is 0 Å². The first-order chi connectivity index (χ1) is 5.27. The van der Waals surface area contributed by atoms with E-state index in [1.165, 1.54) is 53.0 Å². The summed E-state index contributed by atoms with van der Waals surface area (Å²) in [6, 6.07) is 0. The molecule has 0 heterocycles. The van der Waals surface area contributed by atoms with Crippen molar-refractivity contribution in [2.24, 2.45) is 0 Å². The quantitative estimate of drug-likeness (QED) is 0.415. The average Bonchev–Trinajstić information content (AvgIpc) is 2.02. The van der Waals surface area contributed by atoms with Gasteiger partial charge >= 0.3 is 23.3 Å². The van der Waals surface area contributed by atoms with Crippen LogP contribution < -0.4 is 0 Å². The van der Waals surface area contributed by atoms with Crippen LogP contribution in [-0.2, 0) is 0 Å². The molecule has 0 unspecified atom stereocenters. The van der Waals surface area contributed by atoms with Crippen LogP contribution in [0.15, 0.2) is 0 Å². The van der Waals surface area contributed by atoms with Gasteiger partial charge < -0.3 is 4.23 Å². The van der Waals surface area contributed by atoms with Gasteiger partial charge in [0.15, 0.2) is 0 Å². The zero-order valence-electron chi connectivity index (χ0n) is 8.98. The van der Waals surface area contributed by atoms with E-state index in [2.05, 4.69) is 11.2 Å². The van der Waals surface area contributed by atoms with E-state index in [0.29, 0.717) is 0 Å². The molecule has 0 radical (unpaired) electrons. The van der Waals surface area contributed by atoms with Crippen molar-refractivity contribution in [3.8, 4) is 0 Å². The van der Waals surface area contributed by atoms with E-state index in [4.69, 9.17) is 0 Å². The molecule has 0 aromatic carbocycles. The number of unbranched alkanes of at least 4 members (excludes halogenated alkanes) is 3. The topological polar surface area (TPSA) is 3.24 Å². The molecule has 4 heteroatoms. The van der Waals surface area contributed by atoms with E-state index in [1.54, 1.807) is 0 Å². The molecule has 0 aromatic rings. The first kappa shape index (κ1) is 14.5. The van der Waals surface area contributed by atoms with Gasteiger partial charge in [0.1, 0.15) is 0 Å². The molecular weight excluding hydrogens is 161 g/mol. The monoisotopic (exact) mass is 183 g/mol. The fraction of sp³-hybridized carbons (Fsp3) is 1.00. The minimum absolute atomic E-state index is 1.28. The number of rotatable bonds is 5. The van der Waals surface area contributed by atoms with Crippen LogP contribution in [0.3, 0.4) is 0 Å². The fourth-order valence-electron chi connectivity index (χ4n) is 0.855. The Morgan fingerprint density at radius 1 is 1.09 bits per heavy atom. The molecule has 0 fully saturated rings. The summed E-state index contributed by atoms with van der Waals surface area (Å²) in [6.07, 6.45) is 5.66. The van der Waals surface area contributed by atoms with Crippen LogP contribution in [0.25, 0.3) is 0 Å². The van der Waals surface area contributed by atoms with E-state index < -0.39 is 0 Å². The molecule has 0 bridgehead atoms. The van der Waals surface area contributed by atoms with Crippen molar-refractivity contribution >= 4 is 38.5 Å². The second-order valence-corrected chi connectivity index (χ2v) is 7.71. The Balaban J connectivity index is 0. The summed E-state index contributed by atoms with van der Waals surface area (Å²) < 4.78 is 2.52. The normalized spacial score (nSPS) is 9.91. The predicted octanol–water partition coefficient (Wildman–Crippen LogP) is -0.368. The molecule has 11 heavy (non-hydrogen) atoms. The third-order valence-corrected chi connectivity index (χ3v) is 2.35. The molecule has 0 aliphatic rings. The van der Waals surface area contributed by atoms with Gasteiger partial charge in [0.25, 0.3) is 0 Å². The van der Waals surface area contributed by atoms with Crippen molar-refractivity contribution in [1.82, 2.24) is 4.23 Å². The molecule has 0 rings (SSSR count). The summed E-state index contributed by atoms with van der Waals surface area (Å²) in [6.45, 7) is 3.64. The van der Waals surface area contributed by atoms with E-state index >= 15 is 0 Å². The van der Waals surface area contributed by atoms with Crippen molar-refractivity contribution in [3.05, 3.63) is 0 Å². The zero-order chi connectivity index (χ0) is 9.11. The van der Waals surface area contributed by atoms with Gasteiger partial charge in [0.05, 0.1) is 20.8 Å². The van der Waals surface area contributed by atoms with E-state index in [-0.39, 0.29) is 0 Å². The Hall–Kier alpha value is 0.991. The maximum atomic E-state index is 2.52. The fourth-order valence-corrected chi connectivity index (χ4v) is 1.49. The van der Waals surface area contributed by atoms with E-state index in [0.717, 1.165) is 0 Å². The first-order valence-corrected chi connectivity index (χ1v) is 6.71. The van der Waals surface area contributed by atoms with Crippen LogP contribution in [0.2, 0.25) is 5.60 Å². The number of hydrogen-bond donors (Lipinski definition) is 0. The van der Waals surface area contributed by atoms with Gasteiger partial charge in [-0.1, -0.05) is 26.2 Å².